The minimum Gasteiger partial charge on any atom is -0.488 e. The first-order valence-electron chi connectivity index (χ1n) is 10.6. The van der Waals surface area contributed by atoms with Crippen LogP contribution in [0.15, 0.2) is 48.5 Å². The van der Waals surface area contributed by atoms with Gasteiger partial charge in [-0.1, -0.05) is 44.0 Å². The van der Waals surface area contributed by atoms with Gasteiger partial charge in [0.25, 0.3) is 0 Å². The lowest BCUT2D eigenvalue weighted by atomic mass is 10.1. The molecule has 0 aliphatic heterocycles. The highest BCUT2D eigenvalue weighted by Gasteiger charge is 2.12. The van der Waals surface area contributed by atoms with Crippen LogP contribution in [0.1, 0.15) is 54.5 Å². The fourth-order valence-electron chi connectivity index (χ4n) is 3.07. The van der Waals surface area contributed by atoms with E-state index in [-0.39, 0.29) is 17.7 Å². The summed E-state index contributed by atoms with van der Waals surface area (Å²) in [6.07, 6.45) is 2.03. The summed E-state index contributed by atoms with van der Waals surface area (Å²) in [5.41, 5.74) is 1.65. The van der Waals surface area contributed by atoms with E-state index in [1.807, 2.05) is 13.8 Å². The van der Waals surface area contributed by atoms with Gasteiger partial charge in [-0.25, -0.2) is 17.6 Å². The summed E-state index contributed by atoms with van der Waals surface area (Å²) in [6.45, 7) is 4.00. The van der Waals surface area contributed by atoms with Crippen LogP contribution >= 0.6 is 0 Å². The molecule has 3 aromatic rings. The first kappa shape index (κ1) is 24.0. The average Bonchev–Trinajstić information content (AvgIpc) is 2.77. The Morgan fingerprint density at radius 2 is 1.15 bits per heavy atom. The van der Waals surface area contributed by atoms with Crippen LogP contribution < -0.4 is 4.74 Å². The van der Waals surface area contributed by atoms with Crippen LogP contribution in [-0.2, 0) is 6.42 Å². The monoisotopic (exact) mass is 450 g/mol. The maximum atomic E-state index is 14.2. The number of hydrogen-bond acceptors (Lipinski definition) is 1. The fraction of sp³-hybridized carbons (Fsp3) is 0.214. The Hall–Kier alpha value is -3.70. The molecule has 3 rings (SSSR count). The molecule has 0 saturated heterocycles. The summed E-state index contributed by atoms with van der Waals surface area (Å²) in [4.78, 5) is 0. The summed E-state index contributed by atoms with van der Waals surface area (Å²) in [7, 11) is 0. The van der Waals surface area contributed by atoms with Crippen molar-refractivity contribution in [3.05, 3.63) is 99.6 Å². The van der Waals surface area contributed by atoms with Gasteiger partial charge in [0.1, 0.15) is 11.6 Å². The lowest BCUT2D eigenvalue weighted by Gasteiger charge is -2.07. The van der Waals surface area contributed by atoms with Crippen molar-refractivity contribution in [1.29, 1.82) is 0 Å². The standard InChI is InChI=1S/C28H22F4O/c1-3-5-21-15-24(29)23(25(30)16-21)13-12-20-8-6-19(7-9-20)10-11-22-17-26(31)28(27(32)18-22)33-14-4-2/h6-9,15-18H,3-5,14H2,1-2H3. The molecule has 0 atom stereocenters. The zero-order valence-electron chi connectivity index (χ0n) is 18.4. The van der Waals surface area contributed by atoms with Crippen molar-refractivity contribution in [2.45, 2.75) is 33.1 Å². The van der Waals surface area contributed by atoms with Gasteiger partial charge in [0, 0.05) is 16.7 Å². The smallest absolute Gasteiger partial charge is 0.190 e. The third-order valence-corrected chi connectivity index (χ3v) is 4.66. The largest absolute Gasteiger partial charge is 0.488 e. The molecule has 0 aliphatic carbocycles. The van der Waals surface area contributed by atoms with Gasteiger partial charge in [-0.05, 0) is 66.9 Å². The molecule has 0 saturated carbocycles. The van der Waals surface area contributed by atoms with Crippen LogP contribution in [-0.4, -0.2) is 6.61 Å². The fourth-order valence-corrected chi connectivity index (χ4v) is 3.07. The van der Waals surface area contributed by atoms with Crippen molar-refractivity contribution in [1.82, 2.24) is 0 Å². The van der Waals surface area contributed by atoms with E-state index in [2.05, 4.69) is 23.7 Å². The maximum Gasteiger partial charge on any atom is 0.190 e. The van der Waals surface area contributed by atoms with E-state index in [0.29, 0.717) is 29.5 Å². The molecule has 0 unspecified atom stereocenters. The third kappa shape index (κ3) is 6.40. The molecule has 1 nitrogen and oxygen atoms in total. The normalized spacial score (nSPS) is 10.1. The molecular formula is C28H22F4O. The van der Waals surface area contributed by atoms with E-state index >= 15 is 0 Å². The highest BCUT2D eigenvalue weighted by molar-refractivity contribution is 5.49. The van der Waals surface area contributed by atoms with Crippen LogP contribution in [0, 0.1) is 47.0 Å². The van der Waals surface area contributed by atoms with E-state index in [4.69, 9.17) is 4.74 Å². The molecule has 0 amide bonds. The van der Waals surface area contributed by atoms with Crippen molar-refractivity contribution in [2.24, 2.45) is 0 Å². The topological polar surface area (TPSA) is 9.23 Å². The second-order valence-electron chi connectivity index (χ2n) is 7.38. The van der Waals surface area contributed by atoms with Gasteiger partial charge in [0.2, 0.25) is 0 Å². The lowest BCUT2D eigenvalue weighted by molar-refractivity contribution is 0.285. The Morgan fingerprint density at radius 3 is 1.67 bits per heavy atom. The van der Waals surface area contributed by atoms with Gasteiger partial charge in [-0.15, -0.1) is 0 Å². The molecule has 0 bridgehead atoms. The predicted octanol–water partition coefficient (Wildman–Crippen LogP) is 6.78. The summed E-state index contributed by atoms with van der Waals surface area (Å²) in [5.74, 6) is 7.45. The Morgan fingerprint density at radius 1 is 0.636 bits per heavy atom. The maximum absolute atomic E-state index is 14.2. The number of halogens is 4. The Bertz CT molecular complexity index is 1210. The van der Waals surface area contributed by atoms with Crippen molar-refractivity contribution in [2.75, 3.05) is 6.61 Å². The van der Waals surface area contributed by atoms with Gasteiger partial charge in [0.15, 0.2) is 17.4 Å². The summed E-state index contributed by atoms with van der Waals surface area (Å²) < 4.78 is 61.6. The van der Waals surface area contributed by atoms with E-state index in [0.717, 1.165) is 18.6 Å². The number of hydrogen-bond donors (Lipinski definition) is 0. The first-order valence-corrected chi connectivity index (χ1v) is 10.6. The molecule has 0 heterocycles. The molecule has 0 radical (unpaired) electrons. The van der Waals surface area contributed by atoms with E-state index < -0.39 is 29.0 Å². The van der Waals surface area contributed by atoms with Crippen molar-refractivity contribution in [3.8, 4) is 29.4 Å². The Balaban J connectivity index is 1.75. The molecular weight excluding hydrogens is 428 g/mol. The quantitative estimate of drug-likeness (QED) is 0.307. The molecule has 5 heteroatoms. The molecule has 0 aliphatic rings. The van der Waals surface area contributed by atoms with Crippen LogP contribution in [0.3, 0.4) is 0 Å². The number of benzene rings is 3. The average molecular weight is 450 g/mol. The minimum atomic E-state index is -0.805. The second-order valence-corrected chi connectivity index (χ2v) is 7.38. The van der Waals surface area contributed by atoms with E-state index in [1.54, 1.807) is 24.3 Å². The Labute approximate surface area is 191 Å². The van der Waals surface area contributed by atoms with Gasteiger partial charge in [-0.3, -0.25) is 0 Å². The molecule has 0 fully saturated rings. The van der Waals surface area contributed by atoms with Gasteiger partial charge < -0.3 is 4.74 Å². The highest BCUT2D eigenvalue weighted by atomic mass is 19.1. The minimum absolute atomic E-state index is 0.176. The highest BCUT2D eigenvalue weighted by Crippen LogP contribution is 2.23. The third-order valence-electron chi connectivity index (χ3n) is 4.66. The van der Waals surface area contributed by atoms with Crippen molar-refractivity contribution >= 4 is 0 Å². The molecule has 168 valence electrons. The lowest BCUT2D eigenvalue weighted by Crippen LogP contribution is -2.00. The van der Waals surface area contributed by atoms with Gasteiger partial charge >= 0.3 is 0 Å². The summed E-state index contributed by atoms with van der Waals surface area (Å²) in [5, 5.41) is 0. The predicted molar refractivity (Wildman–Crippen MR) is 121 cm³/mol. The summed E-state index contributed by atoms with van der Waals surface area (Å²) >= 11 is 0. The Kier molecular flexibility index (Phi) is 8.17. The number of rotatable bonds is 5. The van der Waals surface area contributed by atoms with Crippen LogP contribution in [0.4, 0.5) is 17.6 Å². The number of ether oxygens (including phenoxy) is 1. The van der Waals surface area contributed by atoms with Crippen LogP contribution in [0.5, 0.6) is 5.75 Å². The molecule has 0 aromatic heterocycles. The molecule has 33 heavy (non-hydrogen) atoms. The molecule has 3 aromatic carbocycles. The van der Waals surface area contributed by atoms with Crippen LogP contribution in [0.2, 0.25) is 0 Å². The van der Waals surface area contributed by atoms with E-state index in [9.17, 15) is 17.6 Å². The van der Waals surface area contributed by atoms with Crippen molar-refractivity contribution < 1.29 is 22.3 Å². The van der Waals surface area contributed by atoms with Gasteiger partial charge in [-0.2, -0.15) is 0 Å². The van der Waals surface area contributed by atoms with Gasteiger partial charge in [0.05, 0.1) is 12.2 Å². The molecule has 0 N–H and O–H groups in total. The first-order chi connectivity index (χ1) is 15.9. The molecule has 0 spiro atoms. The zero-order valence-corrected chi connectivity index (χ0v) is 18.4. The SMILES string of the molecule is CCCOc1c(F)cc(C#Cc2ccc(C#Cc3c(F)cc(CCC)cc3F)cc2)cc1F. The second kappa shape index (κ2) is 11.2. The zero-order chi connectivity index (χ0) is 23.8. The summed E-state index contributed by atoms with van der Waals surface area (Å²) in [6, 6.07) is 11.5. The van der Waals surface area contributed by atoms with Crippen molar-refractivity contribution in [3.63, 3.8) is 0 Å². The number of aryl methyl sites for hydroxylation is 1. The van der Waals surface area contributed by atoms with Crippen LogP contribution in [0.25, 0.3) is 0 Å². The van der Waals surface area contributed by atoms with E-state index in [1.165, 1.54) is 12.1 Å².